The van der Waals surface area contributed by atoms with E-state index < -0.39 is 25.2 Å². The lowest BCUT2D eigenvalue weighted by atomic mass is 9.95. The minimum atomic E-state index is -3.93. The first-order chi connectivity index (χ1) is 14.0. The Morgan fingerprint density at radius 2 is 1.84 bits per heavy atom. The molecule has 0 aliphatic carbocycles. The molecule has 2 unspecified atom stereocenters. The number of ether oxygens (including phenoxy) is 1. The second-order valence-electron chi connectivity index (χ2n) is 8.13. The number of hydrogen-bond donors (Lipinski definition) is 2. The van der Waals surface area contributed by atoms with Crippen molar-refractivity contribution in [3.8, 4) is 5.75 Å². The average Bonchev–Trinajstić information content (AvgIpc) is 2.66. The second-order valence-corrected chi connectivity index (χ2v) is 11.8. The van der Waals surface area contributed by atoms with E-state index in [0.717, 1.165) is 37.9 Å². The molecule has 1 heterocycles. The van der Waals surface area contributed by atoms with Gasteiger partial charge in [0.1, 0.15) is 16.0 Å². The smallest absolute Gasteiger partial charge is 0.241 e. The Morgan fingerprint density at radius 3 is 2.32 bits per heavy atom. The molecule has 8 nitrogen and oxygen atoms in total. The van der Waals surface area contributed by atoms with E-state index in [1.54, 1.807) is 12.1 Å². The predicted octanol–water partition coefficient (Wildman–Crippen LogP) is 1.78. The molecule has 1 aromatic carbocycles. The lowest BCUT2D eigenvalue weighted by Crippen LogP contribution is -2.52. The number of methoxy groups -OCH3 is 1. The van der Waals surface area contributed by atoms with E-state index in [-0.39, 0.29) is 35.0 Å². The van der Waals surface area contributed by atoms with Crippen LogP contribution in [0.3, 0.4) is 0 Å². The van der Waals surface area contributed by atoms with E-state index >= 15 is 0 Å². The van der Waals surface area contributed by atoms with Crippen LogP contribution in [-0.2, 0) is 26.3 Å². The first-order valence-corrected chi connectivity index (χ1v) is 13.8. The number of nitrogens with one attached hydrogen (secondary N) is 1. The van der Waals surface area contributed by atoms with Gasteiger partial charge in [0, 0.05) is 12.3 Å². The summed E-state index contributed by atoms with van der Waals surface area (Å²) in [5.74, 6) is 0.272. The molecule has 0 spiro atoms. The van der Waals surface area contributed by atoms with Gasteiger partial charge in [-0.15, -0.1) is 12.4 Å². The van der Waals surface area contributed by atoms with Gasteiger partial charge in [-0.05, 0) is 75.9 Å². The Kier molecular flexibility index (Phi) is 10.7. The Balaban J connectivity index is 0.00000480. The summed E-state index contributed by atoms with van der Waals surface area (Å²) in [6.45, 7) is 6.33. The topological polar surface area (TPSA) is 119 Å². The van der Waals surface area contributed by atoms with Crippen molar-refractivity contribution in [3.63, 3.8) is 0 Å². The number of nitrogens with two attached hydrogens (primary N) is 1. The molecule has 0 radical (unpaired) electrons. The number of benzene rings is 1. The summed E-state index contributed by atoms with van der Waals surface area (Å²) in [6.07, 6.45) is 4.29. The number of sulfonamides is 1. The molecular formula is C20H36ClN3O5S2. The molecule has 0 aromatic heterocycles. The predicted molar refractivity (Wildman–Crippen MR) is 126 cm³/mol. The molecule has 0 amide bonds. The van der Waals surface area contributed by atoms with Crippen LogP contribution in [0.15, 0.2) is 23.1 Å². The summed E-state index contributed by atoms with van der Waals surface area (Å²) in [5.41, 5.74) is 0.769. The van der Waals surface area contributed by atoms with Gasteiger partial charge in [0.25, 0.3) is 0 Å². The maximum absolute atomic E-state index is 12.8. The highest BCUT2D eigenvalue weighted by atomic mass is 35.5. The highest BCUT2D eigenvalue weighted by Gasteiger charge is 2.38. The van der Waals surface area contributed by atoms with Crippen LogP contribution < -0.4 is 15.2 Å². The minimum absolute atomic E-state index is 0. The number of hydrogen-bond acceptors (Lipinski definition) is 7. The molecule has 2 rings (SSSR count). The molecule has 1 aromatic rings. The SMILES string of the molecule is CCCN(C(C)Cc1ccc(OC)c(S(N)(=O)=O)c1)C(C1CCNCC1)S(C)(=O)=O.Cl. The number of rotatable bonds is 10. The van der Waals surface area contributed by atoms with Crippen molar-refractivity contribution < 1.29 is 21.6 Å². The third kappa shape index (κ3) is 7.57. The summed E-state index contributed by atoms with van der Waals surface area (Å²) >= 11 is 0. The van der Waals surface area contributed by atoms with Crippen molar-refractivity contribution in [2.24, 2.45) is 11.1 Å². The first kappa shape index (κ1) is 28.1. The molecule has 1 fully saturated rings. The van der Waals surface area contributed by atoms with Gasteiger partial charge in [-0.2, -0.15) is 0 Å². The van der Waals surface area contributed by atoms with E-state index in [0.29, 0.717) is 13.0 Å². The van der Waals surface area contributed by atoms with E-state index in [1.807, 2.05) is 13.8 Å². The van der Waals surface area contributed by atoms with Crippen LogP contribution in [0, 0.1) is 5.92 Å². The van der Waals surface area contributed by atoms with Crippen LogP contribution >= 0.6 is 12.4 Å². The summed E-state index contributed by atoms with van der Waals surface area (Å²) in [5, 5.41) is 8.09. The summed E-state index contributed by atoms with van der Waals surface area (Å²) in [6, 6.07) is 4.82. The van der Waals surface area contributed by atoms with E-state index in [2.05, 4.69) is 10.2 Å². The van der Waals surface area contributed by atoms with Gasteiger partial charge in [-0.1, -0.05) is 13.0 Å². The molecule has 2 atom stereocenters. The molecule has 1 aliphatic rings. The minimum Gasteiger partial charge on any atom is -0.495 e. The number of piperidine rings is 1. The average molecular weight is 498 g/mol. The van der Waals surface area contributed by atoms with E-state index in [4.69, 9.17) is 9.88 Å². The fraction of sp³-hybridized carbons (Fsp3) is 0.700. The molecule has 1 aliphatic heterocycles. The summed E-state index contributed by atoms with van der Waals surface area (Å²) in [7, 11) is -5.84. The Labute approximate surface area is 193 Å². The quantitative estimate of drug-likeness (QED) is 0.505. The van der Waals surface area contributed by atoms with Gasteiger partial charge < -0.3 is 10.1 Å². The second kappa shape index (κ2) is 11.8. The van der Waals surface area contributed by atoms with Crippen LogP contribution in [0.4, 0.5) is 0 Å². The Bertz CT molecular complexity index is 919. The molecule has 0 bridgehead atoms. The summed E-state index contributed by atoms with van der Waals surface area (Å²) < 4.78 is 54.6. The van der Waals surface area contributed by atoms with E-state index in [9.17, 15) is 16.8 Å². The van der Waals surface area contributed by atoms with Crippen molar-refractivity contribution in [1.29, 1.82) is 0 Å². The van der Waals surface area contributed by atoms with Crippen molar-refractivity contribution >= 4 is 32.3 Å². The molecule has 11 heteroatoms. The largest absolute Gasteiger partial charge is 0.495 e. The highest BCUT2D eigenvalue weighted by molar-refractivity contribution is 7.91. The fourth-order valence-corrected chi connectivity index (χ4v) is 6.91. The Hall–Kier alpha value is -0.910. The van der Waals surface area contributed by atoms with Crippen molar-refractivity contribution in [2.45, 2.75) is 55.8 Å². The molecule has 31 heavy (non-hydrogen) atoms. The molecule has 1 saturated heterocycles. The number of halogens is 1. The number of primary sulfonamides is 1. The maximum atomic E-state index is 12.8. The summed E-state index contributed by atoms with van der Waals surface area (Å²) in [4.78, 5) is 2.02. The zero-order chi connectivity index (χ0) is 22.5. The van der Waals surface area contributed by atoms with Gasteiger partial charge in [0.05, 0.1) is 7.11 Å². The van der Waals surface area contributed by atoms with Gasteiger partial charge in [0.2, 0.25) is 10.0 Å². The Morgan fingerprint density at radius 1 is 1.23 bits per heavy atom. The van der Waals surface area contributed by atoms with Gasteiger partial charge >= 0.3 is 0 Å². The van der Waals surface area contributed by atoms with Crippen LogP contribution in [0.2, 0.25) is 0 Å². The normalized spacial score (nSPS) is 17.7. The van der Waals surface area contributed by atoms with Crippen LogP contribution in [0.1, 0.15) is 38.7 Å². The van der Waals surface area contributed by atoms with Gasteiger partial charge in [0.15, 0.2) is 9.84 Å². The monoisotopic (exact) mass is 497 g/mol. The third-order valence-corrected chi connectivity index (χ3v) is 8.13. The highest BCUT2D eigenvalue weighted by Crippen LogP contribution is 2.29. The third-order valence-electron chi connectivity index (χ3n) is 5.67. The van der Waals surface area contributed by atoms with Crippen molar-refractivity contribution in [3.05, 3.63) is 23.8 Å². The fourth-order valence-electron chi connectivity index (χ4n) is 4.38. The van der Waals surface area contributed by atoms with E-state index in [1.165, 1.54) is 19.4 Å². The van der Waals surface area contributed by atoms with Crippen LogP contribution in [0.25, 0.3) is 0 Å². The zero-order valence-electron chi connectivity index (χ0n) is 18.7. The lowest BCUT2D eigenvalue weighted by Gasteiger charge is -2.41. The first-order valence-electron chi connectivity index (χ1n) is 10.3. The lowest BCUT2D eigenvalue weighted by molar-refractivity contribution is 0.131. The molecular weight excluding hydrogens is 462 g/mol. The zero-order valence-corrected chi connectivity index (χ0v) is 21.2. The number of nitrogens with zero attached hydrogens (tertiary/aromatic N) is 1. The number of sulfone groups is 1. The molecule has 3 N–H and O–H groups in total. The standard InChI is InChI=1S/C20H35N3O5S2.ClH/c1-5-12-23(20(29(4,24)25)17-8-10-22-11-9-17)15(2)13-16-6-7-18(28-3)19(14-16)30(21,26)27;/h6-7,14-15,17,20,22H,5,8-13H2,1-4H3,(H2,21,26,27);1H. The van der Waals surface area contributed by atoms with Crippen molar-refractivity contribution in [2.75, 3.05) is 33.0 Å². The maximum Gasteiger partial charge on any atom is 0.241 e. The van der Waals surface area contributed by atoms with Gasteiger partial charge in [-0.3, -0.25) is 4.90 Å². The van der Waals surface area contributed by atoms with Crippen molar-refractivity contribution in [1.82, 2.24) is 10.2 Å². The molecule has 180 valence electrons. The molecule has 0 saturated carbocycles. The van der Waals surface area contributed by atoms with Crippen LogP contribution in [0.5, 0.6) is 5.75 Å². The van der Waals surface area contributed by atoms with Crippen LogP contribution in [-0.4, -0.2) is 66.2 Å². The van der Waals surface area contributed by atoms with Gasteiger partial charge in [-0.25, -0.2) is 22.0 Å².